The Hall–Kier alpha value is -3.35. The maximum absolute atomic E-state index is 13.8. The summed E-state index contributed by atoms with van der Waals surface area (Å²) >= 11 is 3.35. The molecule has 0 saturated heterocycles. The number of halogens is 1. The van der Waals surface area contributed by atoms with Crippen LogP contribution in [0.5, 0.6) is 11.5 Å². The van der Waals surface area contributed by atoms with Crippen LogP contribution in [-0.2, 0) is 20.3 Å². The fourth-order valence-electron chi connectivity index (χ4n) is 4.17. The lowest BCUT2D eigenvalue weighted by Gasteiger charge is -2.23. The van der Waals surface area contributed by atoms with Crippen molar-refractivity contribution in [3.05, 3.63) is 76.5 Å². The predicted molar refractivity (Wildman–Crippen MR) is 146 cm³/mol. The maximum Gasteiger partial charge on any atom is 0.170 e. The molecule has 3 aromatic heterocycles. The number of methoxy groups -OCH3 is 3. The SMILES string of the molecule is COc1cccc(OC)c1-n1c(CS(=O)(=O)[C@@H](C)[C@@H](OC)c2ccc(Br)cn2)nnc1-c1cncc(C)c1. The number of sulfone groups is 1. The predicted octanol–water partition coefficient (Wildman–Crippen LogP) is 4.50. The van der Waals surface area contributed by atoms with E-state index in [0.717, 1.165) is 10.0 Å². The first-order chi connectivity index (χ1) is 18.2. The minimum Gasteiger partial charge on any atom is -0.494 e. The van der Waals surface area contributed by atoms with Crippen LogP contribution in [-0.4, -0.2) is 59.7 Å². The number of rotatable bonds is 10. The summed E-state index contributed by atoms with van der Waals surface area (Å²) in [6.45, 7) is 3.51. The Morgan fingerprint density at radius 2 is 1.71 bits per heavy atom. The van der Waals surface area contributed by atoms with Crippen molar-refractivity contribution in [1.82, 2.24) is 24.7 Å². The summed E-state index contributed by atoms with van der Waals surface area (Å²) < 4.78 is 46.8. The first-order valence-electron chi connectivity index (χ1n) is 11.6. The van der Waals surface area contributed by atoms with E-state index in [1.807, 2.05) is 13.0 Å². The second-order valence-electron chi connectivity index (χ2n) is 8.61. The van der Waals surface area contributed by atoms with E-state index in [0.29, 0.717) is 34.3 Å². The van der Waals surface area contributed by atoms with Crippen molar-refractivity contribution < 1.29 is 22.6 Å². The van der Waals surface area contributed by atoms with Crippen molar-refractivity contribution in [3.63, 3.8) is 0 Å². The van der Waals surface area contributed by atoms with Gasteiger partial charge in [-0.15, -0.1) is 10.2 Å². The second kappa shape index (κ2) is 11.6. The van der Waals surface area contributed by atoms with E-state index in [1.54, 1.807) is 60.4 Å². The third-order valence-electron chi connectivity index (χ3n) is 6.11. The van der Waals surface area contributed by atoms with Gasteiger partial charge in [-0.1, -0.05) is 6.07 Å². The first kappa shape index (κ1) is 27.7. The summed E-state index contributed by atoms with van der Waals surface area (Å²) in [5, 5.41) is 7.76. The fraction of sp³-hybridized carbons (Fsp3) is 0.308. The number of pyridine rings is 2. The van der Waals surface area contributed by atoms with Crippen LogP contribution in [0.25, 0.3) is 17.1 Å². The van der Waals surface area contributed by atoms with Gasteiger partial charge >= 0.3 is 0 Å². The van der Waals surface area contributed by atoms with Gasteiger partial charge in [0.2, 0.25) is 0 Å². The average Bonchev–Trinajstić information content (AvgIpc) is 3.31. The van der Waals surface area contributed by atoms with E-state index < -0.39 is 26.9 Å². The van der Waals surface area contributed by atoms with E-state index in [1.165, 1.54) is 21.3 Å². The smallest absolute Gasteiger partial charge is 0.170 e. The third kappa shape index (κ3) is 5.57. The van der Waals surface area contributed by atoms with Crippen molar-refractivity contribution in [1.29, 1.82) is 0 Å². The Morgan fingerprint density at radius 1 is 1.00 bits per heavy atom. The van der Waals surface area contributed by atoms with Crippen molar-refractivity contribution >= 4 is 25.8 Å². The van der Waals surface area contributed by atoms with Gasteiger partial charge in [-0.05, 0) is 65.7 Å². The van der Waals surface area contributed by atoms with Gasteiger partial charge in [0.1, 0.15) is 29.0 Å². The van der Waals surface area contributed by atoms with E-state index in [4.69, 9.17) is 14.2 Å². The van der Waals surface area contributed by atoms with Crippen LogP contribution in [0.3, 0.4) is 0 Å². The largest absolute Gasteiger partial charge is 0.494 e. The van der Waals surface area contributed by atoms with Gasteiger partial charge in [0, 0.05) is 35.7 Å². The number of hydrogen-bond acceptors (Lipinski definition) is 9. The highest BCUT2D eigenvalue weighted by molar-refractivity contribution is 9.10. The molecule has 12 heteroatoms. The lowest BCUT2D eigenvalue weighted by Crippen LogP contribution is -2.29. The number of para-hydroxylation sites is 1. The van der Waals surface area contributed by atoms with Crippen LogP contribution in [0.1, 0.15) is 30.1 Å². The van der Waals surface area contributed by atoms with E-state index in [9.17, 15) is 8.42 Å². The number of hydrogen-bond donors (Lipinski definition) is 0. The molecule has 0 spiro atoms. The third-order valence-corrected chi connectivity index (χ3v) is 8.62. The summed E-state index contributed by atoms with van der Waals surface area (Å²) in [7, 11) is 0.699. The normalized spacial score (nSPS) is 13.2. The Balaban J connectivity index is 1.84. The molecule has 38 heavy (non-hydrogen) atoms. The Labute approximate surface area is 230 Å². The average molecular weight is 603 g/mol. The molecule has 4 aromatic rings. The highest BCUT2D eigenvalue weighted by Gasteiger charge is 2.34. The molecule has 0 amide bonds. The van der Waals surface area contributed by atoms with Crippen LogP contribution in [0.2, 0.25) is 0 Å². The van der Waals surface area contributed by atoms with Crippen molar-refractivity contribution in [3.8, 4) is 28.6 Å². The van der Waals surface area contributed by atoms with Gasteiger partial charge in [0.05, 0.1) is 25.2 Å². The van der Waals surface area contributed by atoms with Gasteiger partial charge in [-0.25, -0.2) is 8.42 Å². The first-order valence-corrected chi connectivity index (χ1v) is 14.1. The van der Waals surface area contributed by atoms with Crippen LogP contribution >= 0.6 is 15.9 Å². The molecular weight excluding hydrogens is 574 g/mol. The number of ether oxygens (including phenoxy) is 3. The molecule has 0 bridgehead atoms. The summed E-state index contributed by atoms with van der Waals surface area (Å²) in [4.78, 5) is 8.62. The van der Waals surface area contributed by atoms with Crippen molar-refractivity contribution in [2.75, 3.05) is 21.3 Å². The zero-order valence-corrected chi connectivity index (χ0v) is 24.0. The molecule has 1 aromatic carbocycles. The quantitative estimate of drug-likeness (QED) is 0.259. The molecule has 4 rings (SSSR count). The topological polar surface area (TPSA) is 118 Å². The molecule has 10 nitrogen and oxygen atoms in total. The number of aryl methyl sites for hydroxylation is 1. The standard InChI is InChI=1S/C26H28BrN5O5S/c1-16-11-18(13-28-12-16)26-31-30-23(32(26)24-21(35-3)7-6-8-22(24)36-4)15-38(33,34)17(2)25(37-5)20-10-9-19(27)14-29-20/h6-14,17,25H,15H2,1-5H3/t17-,25+/m0/s1. The molecule has 3 heterocycles. The second-order valence-corrected chi connectivity index (χ2v) is 11.9. The monoisotopic (exact) mass is 601 g/mol. The fourth-order valence-corrected chi connectivity index (χ4v) is 5.84. The van der Waals surface area contributed by atoms with Gasteiger partial charge < -0.3 is 14.2 Å². The molecule has 0 aliphatic rings. The minimum absolute atomic E-state index is 0.190. The number of aromatic nitrogens is 5. The molecule has 2 atom stereocenters. The lowest BCUT2D eigenvalue weighted by atomic mass is 10.2. The van der Waals surface area contributed by atoms with E-state index >= 15 is 0 Å². The Morgan fingerprint density at radius 3 is 2.29 bits per heavy atom. The number of benzene rings is 1. The van der Waals surface area contributed by atoms with Gasteiger partial charge in [-0.2, -0.15) is 0 Å². The zero-order valence-electron chi connectivity index (χ0n) is 21.6. The van der Waals surface area contributed by atoms with Crippen LogP contribution < -0.4 is 9.47 Å². The number of nitrogens with zero attached hydrogens (tertiary/aromatic N) is 5. The van der Waals surface area contributed by atoms with Crippen LogP contribution in [0.15, 0.2) is 59.5 Å². The van der Waals surface area contributed by atoms with Crippen LogP contribution in [0.4, 0.5) is 0 Å². The molecule has 0 fully saturated rings. The van der Waals surface area contributed by atoms with Crippen molar-refractivity contribution in [2.45, 2.75) is 31.0 Å². The summed E-state index contributed by atoms with van der Waals surface area (Å²) in [5.41, 5.74) is 2.56. The maximum atomic E-state index is 13.8. The molecule has 0 radical (unpaired) electrons. The Kier molecular flexibility index (Phi) is 8.44. The molecule has 200 valence electrons. The molecule has 0 N–H and O–H groups in total. The summed E-state index contributed by atoms with van der Waals surface area (Å²) in [6, 6.07) is 10.7. The molecule has 0 aliphatic heterocycles. The summed E-state index contributed by atoms with van der Waals surface area (Å²) in [6.07, 6.45) is 4.19. The van der Waals surface area contributed by atoms with Crippen molar-refractivity contribution in [2.24, 2.45) is 0 Å². The van der Waals surface area contributed by atoms with E-state index in [2.05, 4.69) is 36.1 Å². The molecule has 0 aliphatic carbocycles. The molecular formula is C26H28BrN5O5S. The zero-order chi connectivity index (χ0) is 27.4. The highest BCUT2D eigenvalue weighted by Crippen LogP contribution is 2.37. The lowest BCUT2D eigenvalue weighted by molar-refractivity contribution is 0.0987. The van der Waals surface area contributed by atoms with Gasteiger partial charge in [0.25, 0.3) is 0 Å². The Bertz CT molecular complexity index is 1500. The van der Waals surface area contributed by atoms with Gasteiger partial charge in [-0.3, -0.25) is 14.5 Å². The summed E-state index contributed by atoms with van der Waals surface area (Å²) in [5.74, 6) is 1.10. The molecule has 0 saturated carbocycles. The minimum atomic E-state index is -3.83. The highest BCUT2D eigenvalue weighted by atomic mass is 79.9. The van der Waals surface area contributed by atoms with E-state index in [-0.39, 0.29) is 5.82 Å². The van der Waals surface area contributed by atoms with Crippen LogP contribution in [0, 0.1) is 6.92 Å². The molecule has 0 unspecified atom stereocenters. The van der Waals surface area contributed by atoms with Gasteiger partial charge in [0.15, 0.2) is 21.5 Å².